The third-order valence-corrected chi connectivity index (χ3v) is 3.06. The highest BCUT2D eigenvalue weighted by Crippen LogP contribution is 2.15. The molecule has 0 saturated carbocycles. The van der Waals surface area contributed by atoms with Crippen molar-refractivity contribution in [1.29, 1.82) is 0 Å². The fourth-order valence-electron chi connectivity index (χ4n) is 1.87. The van der Waals surface area contributed by atoms with Gasteiger partial charge in [-0.1, -0.05) is 13.0 Å². The summed E-state index contributed by atoms with van der Waals surface area (Å²) >= 11 is 0. The molecule has 17 heavy (non-hydrogen) atoms. The van der Waals surface area contributed by atoms with Gasteiger partial charge in [0.25, 0.3) is 0 Å². The van der Waals surface area contributed by atoms with Crippen molar-refractivity contribution in [3.8, 4) is 0 Å². The second-order valence-corrected chi connectivity index (χ2v) is 4.30. The molecule has 1 rings (SSSR count). The fraction of sp³-hybridized carbons (Fsp3) is 0.643. The van der Waals surface area contributed by atoms with Crippen molar-refractivity contribution >= 4 is 5.82 Å². The predicted octanol–water partition coefficient (Wildman–Crippen LogP) is 2.99. The van der Waals surface area contributed by atoms with E-state index in [4.69, 9.17) is 0 Å². The first kappa shape index (κ1) is 14.0. The molecule has 1 unspecified atom stereocenters. The average molecular weight is 235 g/mol. The number of rotatable bonds is 7. The molecule has 0 radical (unpaired) electrons. The fourth-order valence-corrected chi connectivity index (χ4v) is 1.87. The molecule has 0 fully saturated rings. The molecule has 0 bridgehead atoms. The summed E-state index contributed by atoms with van der Waals surface area (Å²) in [5.41, 5.74) is 1.26. The highest BCUT2D eigenvalue weighted by molar-refractivity contribution is 5.39. The van der Waals surface area contributed by atoms with Crippen LogP contribution in [0, 0.1) is 0 Å². The highest BCUT2D eigenvalue weighted by atomic mass is 15.2. The number of nitrogens with one attached hydrogen (secondary N) is 1. The van der Waals surface area contributed by atoms with Crippen molar-refractivity contribution in [3.05, 3.63) is 23.9 Å². The van der Waals surface area contributed by atoms with Gasteiger partial charge < -0.3 is 10.2 Å². The molecular weight excluding hydrogens is 210 g/mol. The lowest BCUT2D eigenvalue weighted by Crippen LogP contribution is -2.23. The molecule has 0 aromatic carbocycles. The van der Waals surface area contributed by atoms with Gasteiger partial charge in [-0.2, -0.15) is 0 Å². The zero-order valence-electron chi connectivity index (χ0n) is 11.5. The minimum absolute atomic E-state index is 0.383. The minimum Gasteiger partial charge on any atom is -0.357 e. The van der Waals surface area contributed by atoms with E-state index in [0.29, 0.717) is 6.04 Å². The van der Waals surface area contributed by atoms with Crippen LogP contribution in [0.5, 0.6) is 0 Å². The van der Waals surface area contributed by atoms with E-state index in [1.165, 1.54) is 5.56 Å². The quantitative estimate of drug-likeness (QED) is 0.787. The average Bonchev–Trinajstić information content (AvgIpc) is 2.38. The molecule has 0 aliphatic heterocycles. The molecule has 1 aromatic heterocycles. The van der Waals surface area contributed by atoms with Gasteiger partial charge in [0.15, 0.2) is 0 Å². The normalized spacial score (nSPS) is 12.5. The standard InChI is InChI=1S/C14H25N3/c1-5-10-15-12(4)13-8-9-14(16-11-13)17(6-2)7-3/h8-9,11-12,15H,5-7,10H2,1-4H3. The lowest BCUT2D eigenvalue weighted by molar-refractivity contribution is 0.569. The van der Waals surface area contributed by atoms with Gasteiger partial charge in [-0.15, -0.1) is 0 Å². The van der Waals surface area contributed by atoms with Crippen LogP contribution < -0.4 is 10.2 Å². The van der Waals surface area contributed by atoms with E-state index in [-0.39, 0.29) is 0 Å². The smallest absolute Gasteiger partial charge is 0.128 e. The lowest BCUT2D eigenvalue weighted by atomic mass is 10.1. The van der Waals surface area contributed by atoms with E-state index in [1.54, 1.807) is 0 Å². The first-order valence-electron chi connectivity index (χ1n) is 6.67. The Morgan fingerprint density at radius 3 is 2.41 bits per heavy atom. The Morgan fingerprint density at radius 1 is 1.24 bits per heavy atom. The van der Waals surface area contributed by atoms with Crippen LogP contribution in [0.3, 0.4) is 0 Å². The second kappa shape index (κ2) is 7.28. The monoisotopic (exact) mass is 235 g/mol. The van der Waals surface area contributed by atoms with Gasteiger partial charge in [-0.25, -0.2) is 4.98 Å². The van der Waals surface area contributed by atoms with Crippen molar-refractivity contribution in [1.82, 2.24) is 10.3 Å². The molecule has 0 spiro atoms. The zero-order chi connectivity index (χ0) is 12.7. The Bertz CT molecular complexity index is 304. The number of anilines is 1. The van der Waals surface area contributed by atoms with Gasteiger partial charge in [0.1, 0.15) is 5.82 Å². The third-order valence-electron chi connectivity index (χ3n) is 3.06. The van der Waals surface area contributed by atoms with E-state index in [0.717, 1.165) is 31.9 Å². The molecule has 3 nitrogen and oxygen atoms in total. The van der Waals surface area contributed by atoms with Crippen molar-refractivity contribution in [2.75, 3.05) is 24.5 Å². The van der Waals surface area contributed by atoms with Crippen LogP contribution in [-0.2, 0) is 0 Å². The van der Waals surface area contributed by atoms with Gasteiger partial charge in [0.2, 0.25) is 0 Å². The number of aromatic nitrogens is 1. The third kappa shape index (κ3) is 4.00. The van der Waals surface area contributed by atoms with E-state index in [1.807, 2.05) is 6.20 Å². The summed E-state index contributed by atoms with van der Waals surface area (Å²) in [6.07, 6.45) is 3.15. The van der Waals surface area contributed by atoms with Crippen molar-refractivity contribution in [2.45, 2.75) is 40.2 Å². The topological polar surface area (TPSA) is 28.2 Å². The highest BCUT2D eigenvalue weighted by Gasteiger charge is 2.06. The van der Waals surface area contributed by atoms with Crippen molar-refractivity contribution in [2.24, 2.45) is 0 Å². The lowest BCUT2D eigenvalue weighted by Gasteiger charge is -2.20. The first-order chi connectivity index (χ1) is 8.22. The largest absolute Gasteiger partial charge is 0.357 e. The van der Waals surface area contributed by atoms with E-state index in [2.05, 4.69) is 55.0 Å². The molecular formula is C14H25N3. The minimum atomic E-state index is 0.383. The number of hydrogen-bond donors (Lipinski definition) is 1. The summed E-state index contributed by atoms with van der Waals surface area (Å²) in [6.45, 7) is 11.7. The maximum absolute atomic E-state index is 4.54. The van der Waals surface area contributed by atoms with Gasteiger partial charge in [0.05, 0.1) is 0 Å². The molecule has 1 atom stereocenters. The van der Waals surface area contributed by atoms with Crippen LogP contribution in [0.4, 0.5) is 5.82 Å². The Balaban J connectivity index is 2.66. The van der Waals surface area contributed by atoms with E-state index < -0.39 is 0 Å². The van der Waals surface area contributed by atoms with Crippen molar-refractivity contribution in [3.63, 3.8) is 0 Å². The maximum atomic E-state index is 4.54. The van der Waals surface area contributed by atoms with Gasteiger partial charge in [-0.3, -0.25) is 0 Å². The molecule has 0 aliphatic carbocycles. The Morgan fingerprint density at radius 2 is 1.94 bits per heavy atom. The van der Waals surface area contributed by atoms with Crippen LogP contribution in [0.25, 0.3) is 0 Å². The van der Waals surface area contributed by atoms with Crippen LogP contribution in [0.1, 0.15) is 45.7 Å². The summed E-state index contributed by atoms with van der Waals surface area (Å²) < 4.78 is 0. The summed E-state index contributed by atoms with van der Waals surface area (Å²) in [7, 11) is 0. The molecule has 0 aliphatic rings. The molecule has 96 valence electrons. The number of hydrogen-bond acceptors (Lipinski definition) is 3. The molecule has 1 heterocycles. The molecule has 0 saturated heterocycles. The summed E-state index contributed by atoms with van der Waals surface area (Å²) in [4.78, 5) is 6.79. The van der Waals surface area contributed by atoms with Gasteiger partial charge in [-0.05, 0) is 45.4 Å². The maximum Gasteiger partial charge on any atom is 0.128 e. The summed E-state index contributed by atoms with van der Waals surface area (Å²) in [5.74, 6) is 1.07. The molecule has 3 heteroatoms. The van der Waals surface area contributed by atoms with Crippen LogP contribution in [-0.4, -0.2) is 24.6 Å². The molecule has 1 N–H and O–H groups in total. The van der Waals surface area contributed by atoms with Gasteiger partial charge in [0, 0.05) is 25.3 Å². The van der Waals surface area contributed by atoms with Crippen molar-refractivity contribution < 1.29 is 0 Å². The van der Waals surface area contributed by atoms with Crippen LogP contribution >= 0.6 is 0 Å². The zero-order valence-corrected chi connectivity index (χ0v) is 11.5. The Kier molecular flexibility index (Phi) is 5.98. The van der Waals surface area contributed by atoms with Crippen LogP contribution in [0.2, 0.25) is 0 Å². The summed E-state index contributed by atoms with van der Waals surface area (Å²) in [5, 5.41) is 3.47. The first-order valence-corrected chi connectivity index (χ1v) is 6.67. The van der Waals surface area contributed by atoms with E-state index in [9.17, 15) is 0 Å². The second-order valence-electron chi connectivity index (χ2n) is 4.30. The van der Waals surface area contributed by atoms with E-state index >= 15 is 0 Å². The Labute approximate surface area is 105 Å². The Hall–Kier alpha value is -1.09. The predicted molar refractivity (Wildman–Crippen MR) is 74.5 cm³/mol. The van der Waals surface area contributed by atoms with Gasteiger partial charge >= 0.3 is 0 Å². The summed E-state index contributed by atoms with van der Waals surface area (Å²) in [6, 6.07) is 4.67. The van der Waals surface area contributed by atoms with Crippen LogP contribution in [0.15, 0.2) is 18.3 Å². The number of pyridine rings is 1. The molecule has 1 aromatic rings. The number of nitrogens with zero attached hydrogens (tertiary/aromatic N) is 2. The SMILES string of the molecule is CCCNC(C)c1ccc(N(CC)CC)nc1. The molecule has 0 amide bonds.